The number of aromatic nitrogens is 2. The molecule has 0 spiro atoms. The van der Waals surface area contributed by atoms with Gasteiger partial charge in [-0.1, -0.05) is 30.0 Å². The third-order valence-electron chi connectivity index (χ3n) is 3.23. The van der Waals surface area contributed by atoms with Gasteiger partial charge in [0.15, 0.2) is 5.16 Å². The highest BCUT2D eigenvalue weighted by Gasteiger charge is 2.13. The molecule has 0 fully saturated rings. The van der Waals surface area contributed by atoms with Gasteiger partial charge in [-0.05, 0) is 38.7 Å². The first-order valence-electron chi connectivity index (χ1n) is 7.19. The first-order chi connectivity index (χ1) is 10.2. The second-order valence-electron chi connectivity index (χ2n) is 4.66. The normalized spacial score (nSPS) is 10.5. The van der Waals surface area contributed by atoms with Gasteiger partial charge in [-0.2, -0.15) is 0 Å². The van der Waals surface area contributed by atoms with Crippen LogP contribution in [0, 0.1) is 6.92 Å². The Kier molecular flexibility index (Phi) is 5.44. The van der Waals surface area contributed by atoms with Gasteiger partial charge in [0.1, 0.15) is 11.6 Å². The molecule has 2 rings (SSSR count). The maximum atomic E-state index is 4.66. The minimum absolute atomic E-state index is 0.787. The first-order valence-corrected chi connectivity index (χ1v) is 8.42. The lowest BCUT2D eigenvalue weighted by Crippen LogP contribution is -2.19. The standard InChI is InChI=1S/C16H22N4S/c1-5-17-14-11-15(19-16(18-14)21-4)20(6-2)13-10-8-7-9-12(13)3/h7-11H,5-6H2,1-4H3,(H,17,18,19). The van der Waals surface area contributed by atoms with E-state index >= 15 is 0 Å². The summed E-state index contributed by atoms with van der Waals surface area (Å²) >= 11 is 1.56. The van der Waals surface area contributed by atoms with Crippen LogP contribution >= 0.6 is 11.8 Å². The van der Waals surface area contributed by atoms with E-state index in [1.54, 1.807) is 11.8 Å². The zero-order valence-corrected chi connectivity index (χ0v) is 13.9. The van der Waals surface area contributed by atoms with E-state index in [1.807, 2.05) is 12.3 Å². The number of anilines is 3. The summed E-state index contributed by atoms with van der Waals surface area (Å²) in [5, 5.41) is 4.06. The molecular formula is C16H22N4S. The second kappa shape index (κ2) is 7.31. The van der Waals surface area contributed by atoms with Gasteiger partial charge >= 0.3 is 0 Å². The van der Waals surface area contributed by atoms with Gasteiger partial charge in [-0.25, -0.2) is 9.97 Å². The average molecular weight is 302 g/mol. The lowest BCUT2D eigenvalue weighted by Gasteiger charge is -2.24. The molecule has 0 bridgehead atoms. The van der Waals surface area contributed by atoms with Crippen LogP contribution < -0.4 is 10.2 Å². The van der Waals surface area contributed by atoms with Crippen LogP contribution in [0.4, 0.5) is 17.3 Å². The Hall–Kier alpha value is -1.75. The van der Waals surface area contributed by atoms with Crippen LogP contribution in [0.2, 0.25) is 0 Å². The molecule has 0 saturated heterocycles. The Labute approximate surface area is 131 Å². The molecule has 0 radical (unpaired) electrons. The largest absolute Gasteiger partial charge is 0.370 e. The van der Waals surface area contributed by atoms with Crippen molar-refractivity contribution in [3.63, 3.8) is 0 Å². The van der Waals surface area contributed by atoms with Crippen LogP contribution in [0.1, 0.15) is 19.4 Å². The van der Waals surface area contributed by atoms with Crippen molar-refractivity contribution in [2.75, 3.05) is 29.6 Å². The molecule has 1 aromatic heterocycles. The van der Waals surface area contributed by atoms with Gasteiger partial charge in [0, 0.05) is 24.8 Å². The van der Waals surface area contributed by atoms with Crippen molar-refractivity contribution in [3.05, 3.63) is 35.9 Å². The van der Waals surface area contributed by atoms with E-state index in [0.29, 0.717) is 0 Å². The molecule has 2 aromatic rings. The Balaban J connectivity index is 2.46. The fourth-order valence-electron chi connectivity index (χ4n) is 2.24. The molecule has 1 heterocycles. The molecule has 0 aliphatic rings. The van der Waals surface area contributed by atoms with Crippen LogP contribution in [-0.4, -0.2) is 29.3 Å². The minimum atomic E-state index is 0.787. The Morgan fingerprint density at radius 2 is 1.95 bits per heavy atom. The van der Waals surface area contributed by atoms with Gasteiger partial charge in [-0.3, -0.25) is 0 Å². The van der Waals surface area contributed by atoms with Crippen molar-refractivity contribution in [3.8, 4) is 0 Å². The van der Waals surface area contributed by atoms with Crippen molar-refractivity contribution in [2.24, 2.45) is 0 Å². The number of nitrogens with zero attached hydrogens (tertiary/aromatic N) is 3. The summed E-state index contributed by atoms with van der Waals surface area (Å²) in [4.78, 5) is 11.4. The highest BCUT2D eigenvalue weighted by Crippen LogP contribution is 2.29. The number of para-hydroxylation sites is 1. The predicted molar refractivity (Wildman–Crippen MR) is 91.8 cm³/mol. The molecule has 0 aliphatic heterocycles. The third kappa shape index (κ3) is 3.67. The molecule has 112 valence electrons. The molecule has 5 heteroatoms. The van der Waals surface area contributed by atoms with Gasteiger partial charge in [0.05, 0.1) is 0 Å². The number of hydrogen-bond donors (Lipinski definition) is 1. The Morgan fingerprint density at radius 3 is 2.57 bits per heavy atom. The van der Waals surface area contributed by atoms with Gasteiger partial charge in [-0.15, -0.1) is 0 Å². The van der Waals surface area contributed by atoms with Crippen LogP contribution in [0.3, 0.4) is 0 Å². The van der Waals surface area contributed by atoms with Crippen LogP contribution in [-0.2, 0) is 0 Å². The summed E-state index contributed by atoms with van der Waals surface area (Å²) in [6.07, 6.45) is 2.00. The first kappa shape index (κ1) is 15.6. The number of aryl methyl sites for hydroxylation is 1. The SMILES string of the molecule is CCNc1cc(N(CC)c2ccccc2C)nc(SC)n1. The molecule has 1 N–H and O–H groups in total. The molecule has 21 heavy (non-hydrogen) atoms. The van der Waals surface area contributed by atoms with Crippen LogP contribution in [0.25, 0.3) is 0 Å². The van der Waals surface area contributed by atoms with E-state index in [9.17, 15) is 0 Å². The summed E-state index contributed by atoms with van der Waals surface area (Å²) in [5.74, 6) is 1.81. The number of benzene rings is 1. The van der Waals surface area contributed by atoms with Crippen molar-refractivity contribution in [1.82, 2.24) is 9.97 Å². The van der Waals surface area contributed by atoms with E-state index in [-0.39, 0.29) is 0 Å². The smallest absolute Gasteiger partial charge is 0.191 e. The van der Waals surface area contributed by atoms with Crippen molar-refractivity contribution in [1.29, 1.82) is 0 Å². The van der Waals surface area contributed by atoms with E-state index in [2.05, 4.69) is 65.2 Å². The van der Waals surface area contributed by atoms with Crippen molar-refractivity contribution >= 4 is 29.1 Å². The maximum absolute atomic E-state index is 4.66. The van der Waals surface area contributed by atoms with E-state index in [0.717, 1.165) is 29.9 Å². The quantitative estimate of drug-likeness (QED) is 0.643. The molecule has 0 atom stereocenters. The molecule has 0 saturated carbocycles. The van der Waals surface area contributed by atoms with Gasteiger partial charge < -0.3 is 10.2 Å². The summed E-state index contributed by atoms with van der Waals surface area (Å²) in [6.45, 7) is 8.04. The summed E-state index contributed by atoms with van der Waals surface area (Å²) in [5.41, 5.74) is 2.43. The zero-order chi connectivity index (χ0) is 15.2. The highest BCUT2D eigenvalue weighted by atomic mass is 32.2. The number of thioether (sulfide) groups is 1. The third-order valence-corrected chi connectivity index (χ3v) is 3.78. The predicted octanol–water partition coefficient (Wildman–Crippen LogP) is 4.10. The van der Waals surface area contributed by atoms with Crippen molar-refractivity contribution < 1.29 is 0 Å². The molecule has 1 aromatic carbocycles. The van der Waals surface area contributed by atoms with Crippen molar-refractivity contribution in [2.45, 2.75) is 25.9 Å². The second-order valence-corrected chi connectivity index (χ2v) is 5.43. The average Bonchev–Trinajstić information content (AvgIpc) is 2.50. The summed E-state index contributed by atoms with van der Waals surface area (Å²) in [7, 11) is 0. The fourth-order valence-corrected chi connectivity index (χ4v) is 2.61. The zero-order valence-electron chi connectivity index (χ0n) is 13.1. The lowest BCUT2D eigenvalue weighted by atomic mass is 10.2. The lowest BCUT2D eigenvalue weighted by molar-refractivity contribution is 0.905. The topological polar surface area (TPSA) is 41.0 Å². The Morgan fingerprint density at radius 1 is 1.19 bits per heavy atom. The van der Waals surface area contributed by atoms with Crippen LogP contribution in [0.15, 0.2) is 35.5 Å². The molecule has 4 nitrogen and oxygen atoms in total. The Bertz CT molecular complexity index is 601. The van der Waals surface area contributed by atoms with Gasteiger partial charge in [0.25, 0.3) is 0 Å². The number of hydrogen-bond acceptors (Lipinski definition) is 5. The molecule has 0 aliphatic carbocycles. The van der Waals surface area contributed by atoms with Gasteiger partial charge in [0.2, 0.25) is 0 Å². The monoisotopic (exact) mass is 302 g/mol. The summed E-state index contributed by atoms with van der Waals surface area (Å²) < 4.78 is 0. The fraction of sp³-hybridized carbons (Fsp3) is 0.375. The van der Waals surface area contributed by atoms with E-state index in [4.69, 9.17) is 0 Å². The highest BCUT2D eigenvalue weighted by molar-refractivity contribution is 7.98. The molecular weight excluding hydrogens is 280 g/mol. The molecule has 0 unspecified atom stereocenters. The van der Waals surface area contributed by atoms with E-state index < -0.39 is 0 Å². The minimum Gasteiger partial charge on any atom is -0.370 e. The van der Waals surface area contributed by atoms with E-state index in [1.165, 1.54) is 11.3 Å². The number of nitrogens with one attached hydrogen (secondary N) is 1. The van der Waals surface area contributed by atoms with Crippen LogP contribution in [0.5, 0.6) is 0 Å². The molecule has 0 amide bonds. The summed E-state index contributed by atoms with van der Waals surface area (Å²) in [6, 6.07) is 10.4. The number of rotatable bonds is 6. The maximum Gasteiger partial charge on any atom is 0.191 e.